The molecule has 0 aliphatic rings. The summed E-state index contributed by atoms with van der Waals surface area (Å²) in [6, 6.07) is 3.54. The molecule has 0 heterocycles. The number of carbonyl (C=O) groups is 2. The van der Waals surface area contributed by atoms with Gasteiger partial charge >= 0.3 is 11.9 Å². The normalized spacial score (nSPS) is 10.4. The lowest BCUT2D eigenvalue weighted by Crippen LogP contribution is -2.28. The molecule has 0 N–H and O–H groups in total. The fourth-order valence-corrected chi connectivity index (χ4v) is 2.02. The molecule has 0 aliphatic heterocycles. The van der Waals surface area contributed by atoms with Crippen LogP contribution in [0, 0.1) is 23.0 Å². The molecule has 0 aromatic heterocycles. The van der Waals surface area contributed by atoms with Gasteiger partial charge in [0, 0.05) is 5.56 Å². The molecule has 25 heavy (non-hydrogen) atoms. The Morgan fingerprint density at radius 3 is 2.00 bits per heavy atom. The van der Waals surface area contributed by atoms with Crippen LogP contribution in [0.25, 0.3) is 0 Å². The molecule has 0 amide bonds. The number of hydrogen-bond acceptors (Lipinski definition) is 5. The van der Waals surface area contributed by atoms with Crippen molar-refractivity contribution in [3.63, 3.8) is 0 Å². The number of rotatable bonds is 9. The van der Waals surface area contributed by atoms with E-state index < -0.39 is 40.6 Å². The van der Waals surface area contributed by atoms with Crippen LogP contribution >= 0.6 is 0 Å². The first-order valence-electron chi connectivity index (χ1n) is 8.19. The average Bonchev–Trinajstić information content (AvgIpc) is 2.59. The molecule has 0 saturated carbocycles. The molecule has 5 nitrogen and oxygen atoms in total. The lowest BCUT2D eigenvalue weighted by molar-refractivity contribution is -0.157. The third-order valence-electron chi connectivity index (χ3n) is 3.50. The number of hydrogen-bond donors (Lipinski definition) is 0. The quantitative estimate of drug-likeness (QED) is 0.385. The monoisotopic (exact) mass is 353 g/mol. The van der Waals surface area contributed by atoms with Crippen LogP contribution in [0.15, 0.2) is 12.1 Å². The van der Waals surface area contributed by atoms with E-state index in [0.717, 1.165) is 25.0 Å². The molecule has 1 aromatic carbocycles. The van der Waals surface area contributed by atoms with Crippen LogP contribution in [0.3, 0.4) is 0 Å². The zero-order valence-corrected chi connectivity index (χ0v) is 14.3. The summed E-state index contributed by atoms with van der Waals surface area (Å²) >= 11 is 0. The fourth-order valence-electron chi connectivity index (χ4n) is 2.02. The fraction of sp³-hybridized carbons (Fsp3) is 0.500. The first-order chi connectivity index (χ1) is 12.0. The van der Waals surface area contributed by atoms with Crippen molar-refractivity contribution >= 4 is 11.9 Å². The Morgan fingerprint density at radius 1 is 1.04 bits per heavy atom. The van der Waals surface area contributed by atoms with Gasteiger partial charge < -0.3 is 9.47 Å². The number of nitriles is 1. The number of halogens is 2. The molecule has 0 bridgehead atoms. The summed E-state index contributed by atoms with van der Waals surface area (Å²) in [7, 11) is 0. The predicted octanol–water partition coefficient (Wildman–Crippen LogP) is 3.61. The minimum Gasteiger partial charge on any atom is -0.465 e. The maximum Gasteiger partial charge on any atom is 0.325 e. The summed E-state index contributed by atoms with van der Waals surface area (Å²) < 4.78 is 38.1. The average molecular weight is 353 g/mol. The topological polar surface area (TPSA) is 76.4 Å². The van der Waals surface area contributed by atoms with Gasteiger partial charge in [0.25, 0.3) is 0 Å². The van der Waals surface area contributed by atoms with E-state index in [4.69, 9.17) is 14.7 Å². The van der Waals surface area contributed by atoms with Crippen molar-refractivity contribution in [1.82, 2.24) is 0 Å². The summed E-state index contributed by atoms with van der Waals surface area (Å²) in [6.45, 7) is 3.91. The highest BCUT2D eigenvalue weighted by Crippen LogP contribution is 2.26. The van der Waals surface area contributed by atoms with Gasteiger partial charge in [-0.25, -0.2) is 8.78 Å². The summed E-state index contributed by atoms with van der Waals surface area (Å²) in [5, 5.41) is 8.74. The number of unbranched alkanes of at least 4 members (excludes halogenated alkanes) is 2. The van der Waals surface area contributed by atoms with E-state index in [0.29, 0.717) is 12.8 Å². The zero-order valence-electron chi connectivity index (χ0n) is 14.3. The zero-order chi connectivity index (χ0) is 18.8. The van der Waals surface area contributed by atoms with Gasteiger partial charge in [-0.3, -0.25) is 9.59 Å². The van der Waals surface area contributed by atoms with Crippen LogP contribution < -0.4 is 0 Å². The molecule has 0 aliphatic carbocycles. The van der Waals surface area contributed by atoms with Gasteiger partial charge in [-0.15, -0.1) is 0 Å². The summed E-state index contributed by atoms with van der Waals surface area (Å²) in [5.41, 5.74) is -1.02. The van der Waals surface area contributed by atoms with Gasteiger partial charge in [-0.05, 0) is 18.9 Å². The van der Waals surface area contributed by atoms with Crippen LogP contribution in [0.4, 0.5) is 8.78 Å². The van der Waals surface area contributed by atoms with Gasteiger partial charge in [0.15, 0.2) is 17.6 Å². The maximum atomic E-state index is 14.3. The number of nitrogens with zero attached hydrogens (tertiary/aromatic N) is 1. The molecular formula is C18H21F2NO4. The van der Waals surface area contributed by atoms with Crippen LogP contribution in [0.1, 0.15) is 56.6 Å². The predicted molar refractivity (Wildman–Crippen MR) is 85.5 cm³/mol. The summed E-state index contributed by atoms with van der Waals surface area (Å²) in [4.78, 5) is 24.5. The number of carbonyl (C=O) groups excluding carboxylic acids is 2. The molecule has 0 spiro atoms. The minimum atomic E-state index is -1.73. The molecule has 136 valence electrons. The lowest BCUT2D eigenvalue weighted by atomic mass is 9.97. The van der Waals surface area contributed by atoms with Gasteiger partial charge in [-0.2, -0.15) is 5.26 Å². The Balaban J connectivity index is 3.13. The molecule has 0 fully saturated rings. The molecular weight excluding hydrogens is 332 g/mol. The molecule has 1 aromatic rings. The van der Waals surface area contributed by atoms with E-state index in [2.05, 4.69) is 0 Å². The Morgan fingerprint density at radius 2 is 1.56 bits per heavy atom. The Kier molecular flexibility index (Phi) is 8.54. The van der Waals surface area contributed by atoms with Crippen molar-refractivity contribution in [3.8, 4) is 6.07 Å². The molecule has 0 unspecified atom stereocenters. The van der Waals surface area contributed by atoms with Crippen LogP contribution in [-0.4, -0.2) is 25.2 Å². The minimum absolute atomic E-state index is 0.0639. The van der Waals surface area contributed by atoms with E-state index in [1.165, 1.54) is 6.07 Å². The third kappa shape index (κ3) is 5.52. The van der Waals surface area contributed by atoms with Gasteiger partial charge in [-0.1, -0.05) is 32.8 Å². The number of ether oxygens (including phenoxy) is 2. The molecule has 7 heteroatoms. The van der Waals surface area contributed by atoms with Crippen molar-refractivity contribution in [2.24, 2.45) is 0 Å². The lowest BCUT2D eigenvalue weighted by Gasteiger charge is -2.16. The van der Waals surface area contributed by atoms with E-state index in [1.807, 2.05) is 13.8 Å². The van der Waals surface area contributed by atoms with Crippen molar-refractivity contribution in [3.05, 3.63) is 34.9 Å². The second-order valence-electron chi connectivity index (χ2n) is 5.42. The van der Waals surface area contributed by atoms with E-state index in [9.17, 15) is 18.4 Å². The van der Waals surface area contributed by atoms with E-state index in [-0.39, 0.29) is 13.2 Å². The smallest absolute Gasteiger partial charge is 0.325 e. The summed E-state index contributed by atoms with van der Waals surface area (Å²) in [5.74, 6) is -6.57. The molecule has 0 saturated heterocycles. The van der Waals surface area contributed by atoms with Gasteiger partial charge in [0.2, 0.25) is 0 Å². The standard InChI is InChI=1S/C18H21F2NO4/c1-3-5-9-24-17(22)14(18(23)25-10-6-4-2)13-8-7-12(11-21)15(19)16(13)20/h7-8,14H,3-6,9-10H2,1-2H3. The Bertz CT molecular complexity index is 633. The highest BCUT2D eigenvalue weighted by Gasteiger charge is 2.35. The van der Waals surface area contributed by atoms with Crippen molar-refractivity contribution in [1.29, 1.82) is 5.26 Å². The molecule has 1 rings (SSSR count). The SMILES string of the molecule is CCCCOC(=O)C(C(=O)OCCCC)c1ccc(C#N)c(F)c1F. The molecule has 0 atom stereocenters. The van der Waals surface area contributed by atoms with Gasteiger partial charge in [0.05, 0.1) is 18.8 Å². The Hall–Kier alpha value is -2.49. The largest absolute Gasteiger partial charge is 0.465 e. The van der Waals surface area contributed by atoms with E-state index in [1.54, 1.807) is 0 Å². The number of benzene rings is 1. The van der Waals surface area contributed by atoms with E-state index >= 15 is 0 Å². The Labute approximate surface area is 145 Å². The van der Waals surface area contributed by atoms with Crippen molar-refractivity contribution < 1.29 is 27.8 Å². The second kappa shape index (κ2) is 10.4. The first kappa shape index (κ1) is 20.6. The maximum absolute atomic E-state index is 14.3. The van der Waals surface area contributed by atoms with Gasteiger partial charge in [0.1, 0.15) is 6.07 Å². The third-order valence-corrected chi connectivity index (χ3v) is 3.50. The van der Waals surface area contributed by atoms with Crippen LogP contribution in [0.2, 0.25) is 0 Å². The number of esters is 2. The highest BCUT2D eigenvalue weighted by molar-refractivity contribution is 6.00. The summed E-state index contributed by atoms with van der Waals surface area (Å²) in [6.07, 6.45) is 2.68. The molecule has 0 radical (unpaired) electrons. The second-order valence-corrected chi connectivity index (χ2v) is 5.42. The first-order valence-corrected chi connectivity index (χ1v) is 8.19. The van der Waals surface area contributed by atoms with Crippen LogP contribution in [0.5, 0.6) is 0 Å². The van der Waals surface area contributed by atoms with Crippen LogP contribution in [-0.2, 0) is 19.1 Å². The van der Waals surface area contributed by atoms with Crippen molar-refractivity contribution in [2.45, 2.75) is 45.4 Å². The highest BCUT2D eigenvalue weighted by atomic mass is 19.2. The van der Waals surface area contributed by atoms with Crippen molar-refractivity contribution in [2.75, 3.05) is 13.2 Å².